The van der Waals surface area contributed by atoms with Gasteiger partial charge in [0.1, 0.15) is 11.7 Å². The number of piperidine rings is 1. The molecule has 3 saturated carbocycles. The summed E-state index contributed by atoms with van der Waals surface area (Å²) in [6.45, 7) is 4.62. The zero-order chi connectivity index (χ0) is 24.0. The maximum Gasteiger partial charge on any atom is 0.165 e. The number of likely N-dealkylation sites (tertiary alicyclic amines) is 1. The third-order valence-electron chi connectivity index (χ3n) is 10.8. The van der Waals surface area contributed by atoms with Gasteiger partial charge < -0.3 is 23.8 Å². The van der Waals surface area contributed by atoms with Crippen molar-refractivity contribution in [3.63, 3.8) is 0 Å². The number of fused-ring (bicyclic) bond motifs is 2. The van der Waals surface area contributed by atoms with Crippen molar-refractivity contribution in [2.24, 2.45) is 11.3 Å². The quantitative estimate of drug-likeness (QED) is 0.608. The smallest absolute Gasteiger partial charge is 0.165 e. The Balaban J connectivity index is 1.31. The minimum Gasteiger partial charge on any atom is -0.493 e. The number of ether oxygens (including phenoxy) is 4. The Morgan fingerprint density at radius 1 is 1.09 bits per heavy atom. The lowest BCUT2D eigenvalue weighted by Crippen LogP contribution is -2.81. The van der Waals surface area contributed by atoms with Crippen molar-refractivity contribution in [2.45, 2.75) is 68.8 Å². The summed E-state index contributed by atoms with van der Waals surface area (Å²) in [6, 6.07) is 13.5. The van der Waals surface area contributed by atoms with Crippen LogP contribution in [-0.4, -0.2) is 57.1 Å². The van der Waals surface area contributed by atoms with Crippen LogP contribution in [0.4, 0.5) is 0 Å². The van der Waals surface area contributed by atoms with Gasteiger partial charge in [0.05, 0.1) is 20.3 Å². The molecule has 2 spiro atoms. The van der Waals surface area contributed by atoms with Gasteiger partial charge in [0.25, 0.3) is 0 Å². The lowest BCUT2D eigenvalue weighted by molar-refractivity contribution is -0.282. The predicted molar refractivity (Wildman–Crippen MR) is 134 cm³/mol. The Hall–Kier alpha value is -2.08. The number of methoxy groups -OCH3 is 2. The number of hydrogen-bond donors (Lipinski definition) is 0. The highest BCUT2D eigenvalue weighted by molar-refractivity contribution is 5.63. The normalized spacial score (nSPS) is 38.2. The molecule has 4 fully saturated rings. The average Bonchev–Trinajstić information content (AvgIpc) is 3.24. The van der Waals surface area contributed by atoms with Gasteiger partial charge in [-0.2, -0.15) is 0 Å². The molecule has 0 aromatic heterocycles. The standard InChI is InChI=1S/C30H37NO4/c1-19-7-5-6-8-21(19)17-34-18-22-16-28-11-12-30(22,33-4)27-29(28)13-14-31(2)24(28)15-20-9-10-23(32-3)26(35-27)25(20)29/h5-10,22,24,27H,11-18H2,1-4H3/t22-,24-,27-,28-,29+,30-/m1/s1. The molecule has 5 nitrogen and oxygen atoms in total. The largest absolute Gasteiger partial charge is 0.493 e. The van der Waals surface area contributed by atoms with Crippen LogP contribution < -0.4 is 9.47 Å². The zero-order valence-corrected chi connectivity index (χ0v) is 21.4. The molecule has 6 aliphatic rings. The van der Waals surface area contributed by atoms with E-state index in [4.69, 9.17) is 18.9 Å². The van der Waals surface area contributed by atoms with Crippen LogP contribution in [0.1, 0.15) is 47.9 Å². The molecule has 6 atom stereocenters. The molecule has 8 rings (SSSR count). The Morgan fingerprint density at radius 2 is 1.94 bits per heavy atom. The fourth-order valence-corrected chi connectivity index (χ4v) is 9.26. The molecule has 2 aromatic carbocycles. The van der Waals surface area contributed by atoms with Crippen LogP contribution in [0.2, 0.25) is 0 Å². The van der Waals surface area contributed by atoms with Crippen molar-refractivity contribution in [1.82, 2.24) is 4.90 Å². The molecule has 0 N–H and O–H groups in total. The van der Waals surface area contributed by atoms with Crippen molar-refractivity contribution in [2.75, 3.05) is 34.4 Å². The minimum atomic E-state index is -0.341. The molecule has 4 aliphatic carbocycles. The first kappa shape index (κ1) is 22.1. The molecule has 2 heterocycles. The van der Waals surface area contributed by atoms with E-state index in [1.54, 1.807) is 7.11 Å². The van der Waals surface area contributed by atoms with E-state index in [-0.39, 0.29) is 22.5 Å². The number of nitrogens with zero attached hydrogens (tertiary/aromatic N) is 1. The number of likely N-dealkylation sites (N-methyl/N-ethyl adjacent to an activating group) is 1. The van der Waals surface area contributed by atoms with Crippen LogP contribution in [0.15, 0.2) is 36.4 Å². The Bertz CT molecular complexity index is 1180. The van der Waals surface area contributed by atoms with Crippen LogP contribution in [0.3, 0.4) is 0 Å². The van der Waals surface area contributed by atoms with E-state index in [0.717, 1.165) is 43.7 Å². The molecule has 2 aliphatic heterocycles. The molecule has 1 saturated heterocycles. The van der Waals surface area contributed by atoms with E-state index >= 15 is 0 Å². The first-order valence-corrected chi connectivity index (χ1v) is 13.3. The molecular weight excluding hydrogens is 438 g/mol. The maximum absolute atomic E-state index is 7.05. The van der Waals surface area contributed by atoms with Gasteiger partial charge in [-0.25, -0.2) is 0 Å². The second kappa shape index (κ2) is 7.47. The lowest BCUT2D eigenvalue weighted by Gasteiger charge is -2.73. The predicted octanol–water partition coefficient (Wildman–Crippen LogP) is 4.66. The second-order valence-corrected chi connectivity index (χ2v) is 11.7. The summed E-state index contributed by atoms with van der Waals surface area (Å²) in [5.41, 5.74) is 5.31. The van der Waals surface area contributed by atoms with Crippen molar-refractivity contribution in [3.8, 4) is 11.5 Å². The Kier molecular flexibility index (Phi) is 4.73. The van der Waals surface area contributed by atoms with Gasteiger partial charge >= 0.3 is 0 Å². The first-order valence-electron chi connectivity index (χ1n) is 13.3. The van der Waals surface area contributed by atoms with Crippen molar-refractivity contribution in [1.29, 1.82) is 0 Å². The molecule has 0 radical (unpaired) electrons. The van der Waals surface area contributed by atoms with E-state index in [2.05, 4.69) is 55.3 Å². The molecule has 35 heavy (non-hydrogen) atoms. The molecular formula is C30H37NO4. The van der Waals surface area contributed by atoms with Gasteiger partial charge in [-0.15, -0.1) is 0 Å². The molecule has 0 amide bonds. The van der Waals surface area contributed by atoms with Crippen LogP contribution >= 0.6 is 0 Å². The van der Waals surface area contributed by atoms with Gasteiger partial charge in [0.2, 0.25) is 0 Å². The molecule has 186 valence electrons. The van der Waals surface area contributed by atoms with Gasteiger partial charge in [0.15, 0.2) is 11.5 Å². The molecule has 2 aromatic rings. The van der Waals surface area contributed by atoms with Crippen LogP contribution in [-0.2, 0) is 27.9 Å². The van der Waals surface area contributed by atoms with Gasteiger partial charge in [-0.1, -0.05) is 30.3 Å². The Labute approximate surface area is 208 Å². The van der Waals surface area contributed by atoms with Gasteiger partial charge in [0, 0.05) is 35.5 Å². The number of aryl methyl sites for hydroxylation is 1. The fourth-order valence-electron chi connectivity index (χ4n) is 9.26. The zero-order valence-electron chi connectivity index (χ0n) is 21.4. The topological polar surface area (TPSA) is 40.2 Å². The van der Waals surface area contributed by atoms with Gasteiger partial charge in [-0.05, 0) is 75.4 Å². The first-order chi connectivity index (χ1) is 17.0. The third-order valence-corrected chi connectivity index (χ3v) is 10.8. The second-order valence-electron chi connectivity index (χ2n) is 11.7. The van der Waals surface area contributed by atoms with Crippen LogP contribution in [0, 0.1) is 18.3 Å². The molecule has 0 unspecified atom stereocenters. The summed E-state index contributed by atoms with van der Waals surface area (Å²) in [5, 5.41) is 0. The van der Waals surface area contributed by atoms with E-state index in [9.17, 15) is 0 Å². The number of rotatable bonds is 6. The van der Waals surface area contributed by atoms with E-state index in [1.165, 1.54) is 28.7 Å². The van der Waals surface area contributed by atoms with E-state index in [1.807, 2.05) is 7.11 Å². The summed E-state index contributed by atoms with van der Waals surface area (Å²) in [5.74, 6) is 2.17. The summed E-state index contributed by atoms with van der Waals surface area (Å²) >= 11 is 0. The maximum atomic E-state index is 7.05. The third kappa shape index (κ3) is 2.55. The van der Waals surface area contributed by atoms with E-state index in [0.29, 0.717) is 25.2 Å². The monoisotopic (exact) mass is 475 g/mol. The summed E-state index contributed by atoms with van der Waals surface area (Å²) in [7, 11) is 6.01. The number of benzene rings is 2. The fraction of sp³-hybridized carbons (Fsp3) is 0.600. The Morgan fingerprint density at radius 3 is 2.74 bits per heavy atom. The van der Waals surface area contributed by atoms with Crippen molar-refractivity contribution >= 4 is 0 Å². The average molecular weight is 476 g/mol. The van der Waals surface area contributed by atoms with Crippen molar-refractivity contribution in [3.05, 3.63) is 58.7 Å². The molecule has 5 heteroatoms. The highest BCUT2D eigenvalue weighted by Crippen LogP contribution is 2.76. The summed E-state index contributed by atoms with van der Waals surface area (Å²) in [6.07, 6.45) is 5.59. The van der Waals surface area contributed by atoms with Crippen LogP contribution in [0.25, 0.3) is 0 Å². The number of hydrogen-bond acceptors (Lipinski definition) is 5. The highest BCUT2D eigenvalue weighted by Gasteiger charge is 2.80. The molecule has 4 bridgehead atoms. The van der Waals surface area contributed by atoms with Crippen molar-refractivity contribution < 1.29 is 18.9 Å². The van der Waals surface area contributed by atoms with E-state index < -0.39 is 0 Å². The highest BCUT2D eigenvalue weighted by atomic mass is 16.6. The SMILES string of the molecule is COc1ccc2c3c1O[C@H]1[C@@]4(OC)CC[C@@]5(C[C@@H]4COCc4ccccc4C)[C@@H](C2)N(C)CC[C@]315. The summed E-state index contributed by atoms with van der Waals surface area (Å²) < 4.78 is 25.9. The van der Waals surface area contributed by atoms with Gasteiger partial charge in [-0.3, -0.25) is 0 Å². The minimum absolute atomic E-state index is 0.00239. The summed E-state index contributed by atoms with van der Waals surface area (Å²) in [4.78, 5) is 2.64. The van der Waals surface area contributed by atoms with Crippen LogP contribution in [0.5, 0.6) is 11.5 Å². The lowest BCUT2D eigenvalue weighted by atomic mass is 9.35.